The van der Waals surface area contributed by atoms with Gasteiger partial charge in [0.05, 0.1) is 18.3 Å². The molecule has 15 heteroatoms. The number of urea groups is 1. The molecule has 3 N–H and O–H groups in total. The fourth-order valence-corrected chi connectivity index (χ4v) is 8.68. The number of hydrogen-bond donors (Lipinski definition) is 3. The molecule has 2 saturated carbocycles. The summed E-state index contributed by atoms with van der Waals surface area (Å²) in [7, 11) is -2.24. The normalized spacial score (nSPS) is 29.2. The van der Waals surface area contributed by atoms with Crippen LogP contribution in [0.4, 0.5) is 9.59 Å². The molecule has 4 bridgehead atoms. The van der Waals surface area contributed by atoms with Crippen molar-refractivity contribution in [2.24, 2.45) is 11.3 Å². The molecule has 5 aliphatic rings. The molecule has 0 spiro atoms. The van der Waals surface area contributed by atoms with Gasteiger partial charge >= 0.3 is 12.1 Å². The van der Waals surface area contributed by atoms with Crippen molar-refractivity contribution in [3.63, 3.8) is 0 Å². The van der Waals surface area contributed by atoms with Crippen molar-refractivity contribution in [1.82, 2.24) is 30.1 Å². The number of carbonyl (C=O) groups is 5. The molecule has 6 amide bonds. The monoisotopic (exact) mass is 738 g/mol. The van der Waals surface area contributed by atoms with Crippen molar-refractivity contribution in [3.05, 3.63) is 53.6 Å². The summed E-state index contributed by atoms with van der Waals surface area (Å²) >= 11 is 0. The van der Waals surface area contributed by atoms with Crippen LogP contribution < -0.4 is 15.4 Å². The third-order valence-electron chi connectivity index (χ3n) is 10.8. The van der Waals surface area contributed by atoms with E-state index in [2.05, 4.69) is 34.1 Å². The maximum absolute atomic E-state index is 14.5. The molecule has 3 heterocycles. The van der Waals surface area contributed by atoms with E-state index in [4.69, 9.17) is 4.74 Å². The number of amides is 6. The number of carbonyl (C=O) groups excluding carboxylic acids is 5. The number of rotatable bonds is 6. The topological polar surface area (TPSA) is 175 Å². The predicted molar refractivity (Wildman–Crippen MR) is 193 cm³/mol. The number of allylic oxidation sites excluding steroid dienone is 1. The quantitative estimate of drug-likeness (QED) is 0.374. The minimum atomic E-state index is -3.90. The van der Waals surface area contributed by atoms with Crippen LogP contribution in [0.3, 0.4) is 0 Å². The van der Waals surface area contributed by atoms with E-state index in [9.17, 15) is 32.4 Å². The van der Waals surface area contributed by atoms with Crippen LogP contribution in [0.15, 0.2) is 36.9 Å². The number of nitrogens with one attached hydrogen (secondary N) is 3. The van der Waals surface area contributed by atoms with E-state index < -0.39 is 80.2 Å². The van der Waals surface area contributed by atoms with E-state index in [1.165, 1.54) is 15.9 Å². The fraction of sp³-hybridized carbons (Fsp3) is 0.595. The number of sulfonamides is 1. The standard InChI is InChI=1S/C37H50N6O8S/c1-6-25-19-37(25,33(46)40-52(49,50)27-15-16-27)39-31(44)29-18-26-21-43(29)32(45)30(36(2,3)4)38-34(47)41(5)17-10-8-7-9-12-23-13-11-14-24-20-42(22-28(23)24)35(48)51-26/h6,9,11-14,25-27,29-30H,1,7-8,10,15-22H2,2-5H3,(H,38,47)(H,39,44)(H,40,46)/b12-9+/t25-,26-,29+,30-,37-/m1/s1. The molecule has 0 radical (unpaired) electrons. The van der Waals surface area contributed by atoms with Crippen LogP contribution >= 0.6 is 0 Å². The number of nitrogens with zero attached hydrogens (tertiary/aromatic N) is 3. The summed E-state index contributed by atoms with van der Waals surface area (Å²) in [4.78, 5) is 73.6. The number of fused-ring (bicyclic) bond motifs is 3. The Balaban J connectivity index is 1.28. The first-order chi connectivity index (χ1) is 24.5. The average Bonchev–Trinajstić information content (AvgIpc) is 3.97. The predicted octanol–water partition coefficient (Wildman–Crippen LogP) is 3.03. The van der Waals surface area contributed by atoms with Gasteiger partial charge in [-0.3, -0.25) is 24.0 Å². The molecule has 14 nitrogen and oxygen atoms in total. The lowest BCUT2D eigenvalue weighted by Crippen LogP contribution is -2.61. The van der Waals surface area contributed by atoms with Gasteiger partial charge < -0.3 is 25.2 Å². The molecule has 3 fully saturated rings. The fourth-order valence-electron chi connectivity index (χ4n) is 7.32. The van der Waals surface area contributed by atoms with E-state index >= 15 is 0 Å². The van der Waals surface area contributed by atoms with Crippen LogP contribution in [0.5, 0.6) is 0 Å². The summed E-state index contributed by atoms with van der Waals surface area (Å²) in [5, 5.41) is 5.00. The van der Waals surface area contributed by atoms with Crippen molar-refractivity contribution in [3.8, 4) is 0 Å². The lowest BCUT2D eigenvalue weighted by Gasteiger charge is -2.36. The molecule has 6 rings (SSSR count). The van der Waals surface area contributed by atoms with Gasteiger partial charge in [-0.25, -0.2) is 18.0 Å². The first-order valence-electron chi connectivity index (χ1n) is 18.1. The molecule has 1 saturated heterocycles. The highest BCUT2D eigenvalue weighted by molar-refractivity contribution is 7.91. The van der Waals surface area contributed by atoms with Gasteiger partial charge in [0, 0.05) is 32.5 Å². The van der Waals surface area contributed by atoms with E-state index in [0.29, 0.717) is 32.5 Å². The zero-order chi connectivity index (χ0) is 37.6. The summed E-state index contributed by atoms with van der Waals surface area (Å²) in [5.74, 6) is -2.63. The van der Waals surface area contributed by atoms with Crippen LogP contribution in [0.1, 0.15) is 82.4 Å². The van der Waals surface area contributed by atoms with Crippen molar-refractivity contribution >= 4 is 45.9 Å². The Labute approximate surface area is 305 Å². The summed E-state index contributed by atoms with van der Waals surface area (Å²) in [6, 6.07) is 3.25. The van der Waals surface area contributed by atoms with Gasteiger partial charge in [-0.05, 0) is 60.6 Å². The van der Waals surface area contributed by atoms with Gasteiger partial charge in [0.2, 0.25) is 21.8 Å². The van der Waals surface area contributed by atoms with Crippen LogP contribution in [0.25, 0.3) is 6.08 Å². The van der Waals surface area contributed by atoms with Gasteiger partial charge in [0.1, 0.15) is 23.7 Å². The maximum atomic E-state index is 14.5. The third kappa shape index (κ3) is 7.69. The van der Waals surface area contributed by atoms with Gasteiger partial charge in [-0.1, -0.05) is 57.2 Å². The lowest BCUT2D eigenvalue weighted by atomic mass is 9.85. The Morgan fingerprint density at radius 1 is 1.12 bits per heavy atom. The van der Waals surface area contributed by atoms with Gasteiger partial charge in [-0.15, -0.1) is 6.58 Å². The summed E-state index contributed by atoms with van der Waals surface area (Å²) < 4.78 is 33.5. The molecule has 0 aromatic heterocycles. The van der Waals surface area contributed by atoms with Crippen molar-refractivity contribution in [2.45, 2.75) is 108 Å². The second kappa shape index (κ2) is 14.2. The minimum absolute atomic E-state index is 0.0698. The molecule has 282 valence electrons. The second-order valence-corrected chi connectivity index (χ2v) is 17.8. The Hall–Kier alpha value is -4.40. The molecule has 0 unspecified atom stereocenters. The zero-order valence-corrected chi connectivity index (χ0v) is 31.2. The van der Waals surface area contributed by atoms with E-state index in [1.54, 1.807) is 32.7 Å². The SMILES string of the molecule is C=C[C@@H]1C[C@]1(NC(=O)[C@@H]1C[C@@H]2CN1C(=O)[C@H](C(C)(C)C)NC(=O)N(C)CCCC/C=C/c1cccc3c1CN(C3)C(=O)O2)C(=O)NS(=O)(=O)C1CC1. The van der Waals surface area contributed by atoms with Crippen molar-refractivity contribution in [2.75, 3.05) is 20.1 Å². The Bertz CT molecular complexity index is 1790. The number of benzene rings is 1. The highest BCUT2D eigenvalue weighted by atomic mass is 32.2. The van der Waals surface area contributed by atoms with Crippen LogP contribution in [0.2, 0.25) is 0 Å². The van der Waals surface area contributed by atoms with E-state index in [1.807, 2.05) is 18.2 Å². The van der Waals surface area contributed by atoms with Crippen molar-refractivity contribution < 1.29 is 37.1 Å². The number of ether oxygens (including phenoxy) is 1. The summed E-state index contributed by atoms with van der Waals surface area (Å²) in [6.07, 6.45) is 7.54. The molecule has 52 heavy (non-hydrogen) atoms. The van der Waals surface area contributed by atoms with Crippen LogP contribution in [-0.2, 0) is 42.2 Å². The van der Waals surface area contributed by atoms with E-state index in [0.717, 1.165) is 36.0 Å². The average molecular weight is 739 g/mol. The largest absolute Gasteiger partial charge is 0.444 e. The molecule has 2 aliphatic carbocycles. The van der Waals surface area contributed by atoms with Crippen molar-refractivity contribution in [1.29, 1.82) is 0 Å². The Morgan fingerprint density at radius 2 is 1.87 bits per heavy atom. The molecular weight excluding hydrogens is 689 g/mol. The van der Waals surface area contributed by atoms with Gasteiger partial charge in [-0.2, -0.15) is 0 Å². The summed E-state index contributed by atoms with van der Waals surface area (Å²) in [5.41, 5.74) is 0.707. The molecule has 1 aromatic rings. The second-order valence-electron chi connectivity index (χ2n) is 15.8. The minimum Gasteiger partial charge on any atom is -0.444 e. The van der Waals surface area contributed by atoms with Gasteiger partial charge in [0.15, 0.2) is 0 Å². The summed E-state index contributed by atoms with van der Waals surface area (Å²) in [6.45, 7) is 10.2. The zero-order valence-electron chi connectivity index (χ0n) is 30.4. The molecule has 1 aromatic carbocycles. The Kier molecular flexibility index (Phi) is 10.2. The highest BCUT2D eigenvalue weighted by Crippen LogP contribution is 2.45. The van der Waals surface area contributed by atoms with E-state index in [-0.39, 0.29) is 19.4 Å². The first-order valence-corrected chi connectivity index (χ1v) is 19.6. The Morgan fingerprint density at radius 3 is 2.54 bits per heavy atom. The van der Waals surface area contributed by atoms with Crippen LogP contribution in [-0.4, -0.2) is 102 Å². The van der Waals surface area contributed by atoms with Gasteiger partial charge in [0.25, 0.3) is 5.91 Å². The molecule has 3 aliphatic heterocycles. The first kappa shape index (κ1) is 37.4. The highest BCUT2D eigenvalue weighted by Gasteiger charge is 2.62. The molecular formula is C37H50N6O8S. The lowest BCUT2D eigenvalue weighted by molar-refractivity contribution is -0.142. The maximum Gasteiger partial charge on any atom is 0.410 e. The third-order valence-corrected chi connectivity index (χ3v) is 12.6. The molecule has 5 atom stereocenters. The smallest absolute Gasteiger partial charge is 0.410 e. The van der Waals surface area contributed by atoms with Crippen LogP contribution in [0, 0.1) is 11.3 Å². The number of hydrogen-bond acceptors (Lipinski definition) is 8.